The lowest BCUT2D eigenvalue weighted by Crippen LogP contribution is -2.40. The molecule has 1 saturated heterocycles. The zero-order valence-corrected chi connectivity index (χ0v) is 13.1. The van der Waals surface area contributed by atoms with Gasteiger partial charge >= 0.3 is 0 Å². The van der Waals surface area contributed by atoms with Crippen LogP contribution in [0.1, 0.15) is 42.7 Å². The number of aliphatic hydroxyl groups excluding tert-OH is 1. The van der Waals surface area contributed by atoms with Gasteiger partial charge in [0.05, 0.1) is 0 Å². The van der Waals surface area contributed by atoms with Crippen molar-refractivity contribution >= 4 is 0 Å². The van der Waals surface area contributed by atoms with Gasteiger partial charge in [-0.05, 0) is 30.4 Å². The van der Waals surface area contributed by atoms with E-state index in [0.29, 0.717) is 0 Å². The maximum atomic E-state index is 10.7. The van der Waals surface area contributed by atoms with Gasteiger partial charge in [0.15, 0.2) is 0 Å². The molecule has 0 aliphatic carbocycles. The second-order valence-corrected chi connectivity index (χ2v) is 6.19. The molecule has 2 nitrogen and oxygen atoms in total. The Morgan fingerprint density at radius 3 is 1.77 bits per heavy atom. The maximum absolute atomic E-state index is 10.7. The van der Waals surface area contributed by atoms with Crippen molar-refractivity contribution in [2.24, 2.45) is 0 Å². The van der Waals surface area contributed by atoms with Crippen LogP contribution in [0.3, 0.4) is 0 Å². The lowest BCUT2D eigenvalue weighted by molar-refractivity contribution is -0.0158. The van der Waals surface area contributed by atoms with Crippen LogP contribution in [0.4, 0.5) is 0 Å². The smallest absolute Gasteiger partial charge is 0.108 e. The summed E-state index contributed by atoms with van der Waals surface area (Å²) >= 11 is 0. The first-order valence-electron chi connectivity index (χ1n) is 8.36. The van der Waals surface area contributed by atoms with Crippen LogP contribution in [0.25, 0.3) is 0 Å². The van der Waals surface area contributed by atoms with Gasteiger partial charge in [0, 0.05) is 19.0 Å². The van der Waals surface area contributed by atoms with E-state index in [9.17, 15) is 5.11 Å². The summed E-state index contributed by atoms with van der Waals surface area (Å²) in [5, 5.41) is 10.7. The molecule has 2 aromatic rings. The van der Waals surface area contributed by atoms with Crippen LogP contribution >= 0.6 is 0 Å². The largest absolute Gasteiger partial charge is 0.378 e. The van der Waals surface area contributed by atoms with Crippen molar-refractivity contribution in [1.82, 2.24) is 4.90 Å². The molecule has 2 aromatic carbocycles. The molecule has 0 radical (unpaired) electrons. The fraction of sp³-hybridized carbons (Fsp3) is 0.400. The van der Waals surface area contributed by atoms with Crippen LogP contribution in [-0.4, -0.2) is 29.3 Å². The Hall–Kier alpha value is -1.64. The predicted octanol–water partition coefficient (Wildman–Crippen LogP) is 4.01. The monoisotopic (exact) mass is 295 g/mol. The summed E-state index contributed by atoms with van der Waals surface area (Å²) in [5.41, 5.74) is 2.56. The molecule has 1 atom stereocenters. The third-order valence-electron chi connectivity index (χ3n) is 4.66. The van der Waals surface area contributed by atoms with Crippen molar-refractivity contribution in [2.75, 3.05) is 13.1 Å². The highest BCUT2D eigenvalue weighted by Gasteiger charge is 2.23. The number of rotatable bonds is 5. The van der Waals surface area contributed by atoms with Crippen LogP contribution in [0.15, 0.2) is 60.7 Å². The molecule has 116 valence electrons. The third-order valence-corrected chi connectivity index (χ3v) is 4.66. The van der Waals surface area contributed by atoms with Crippen molar-refractivity contribution in [3.8, 4) is 0 Å². The highest BCUT2D eigenvalue weighted by atomic mass is 16.3. The molecule has 0 spiro atoms. The fourth-order valence-corrected chi connectivity index (χ4v) is 3.41. The molecule has 0 saturated carbocycles. The van der Waals surface area contributed by atoms with Gasteiger partial charge in [0.1, 0.15) is 6.23 Å². The second-order valence-electron chi connectivity index (χ2n) is 6.19. The predicted molar refractivity (Wildman–Crippen MR) is 90.8 cm³/mol. The first kappa shape index (κ1) is 15.3. The SMILES string of the molecule is OC(CC(c1ccccc1)c1ccccc1)N1CCCCC1. The Morgan fingerprint density at radius 2 is 1.27 bits per heavy atom. The normalized spacial score (nSPS) is 17.5. The Kier molecular flexibility index (Phi) is 5.25. The summed E-state index contributed by atoms with van der Waals surface area (Å²) in [5.74, 6) is 0.249. The molecule has 0 bridgehead atoms. The molecule has 2 heteroatoms. The van der Waals surface area contributed by atoms with E-state index < -0.39 is 0 Å². The Labute approximate surface area is 133 Å². The zero-order chi connectivity index (χ0) is 15.2. The molecule has 0 aromatic heterocycles. The molecule has 1 fully saturated rings. The Bertz CT molecular complexity index is 509. The Balaban J connectivity index is 1.79. The zero-order valence-electron chi connectivity index (χ0n) is 13.1. The molecule has 22 heavy (non-hydrogen) atoms. The van der Waals surface area contributed by atoms with Gasteiger partial charge in [0.25, 0.3) is 0 Å². The minimum absolute atomic E-state index is 0.249. The molecule has 1 unspecified atom stereocenters. The number of piperidine rings is 1. The summed E-state index contributed by atoms with van der Waals surface area (Å²) in [6.07, 6.45) is 4.11. The number of hydrogen-bond acceptors (Lipinski definition) is 2. The molecule has 1 aliphatic rings. The standard InChI is InChI=1S/C20H25NO/c22-20(21-14-8-3-9-15-21)16-19(17-10-4-1-5-11-17)18-12-6-2-7-13-18/h1-2,4-7,10-13,19-20,22H,3,8-9,14-16H2. The van der Waals surface area contributed by atoms with E-state index in [0.717, 1.165) is 19.5 Å². The summed E-state index contributed by atoms with van der Waals surface area (Å²) in [4.78, 5) is 2.24. The van der Waals surface area contributed by atoms with Crippen LogP contribution in [0.5, 0.6) is 0 Å². The number of benzene rings is 2. The molecule has 3 rings (SSSR count). The van der Waals surface area contributed by atoms with Crippen molar-refractivity contribution in [3.05, 3.63) is 71.8 Å². The summed E-state index contributed by atoms with van der Waals surface area (Å²) in [6, 6.07) is 21.1. The van der Waals surface area contributed by atoms with Gasteiger partial charge in [0.2, 0.25) is 0 Å². The van der Waals surface area contributed by atoms with E-state index in [-0.39, 0.29) is 12.1 Å². The molecule has 1 aliphatic heterocycles. The number of hydrogen-bond donors (Lipinski definition) is 1. The van der Waals surface area contributed by atoms with Gasteiger partial charge in [-0.15, -0.1) is 0 Å². The van der Waals surface area contributed by atoms with Gasteiger partial charge in [-0.3, -0.25) is 4.90 Å². The molecular formula is C20H25NO. The van der Waals surface area contributed by atoms with Gasteiger partial charge < -0.3 is 5.11 Å². The molecule has 1 N–H and O–H groups in total. The highest BCUT2D eigenvalue weighted by molar-refractivity contribution is 5.32. The average molecular weight is 295 g/mol. The van der Waals surface area contributed by atoms with E-state index in [1.165, 1.54) is 30.4 Å². The Morgan fingerprint density at radius 1 is 0.773 bits per heavy atom. The van der Waals surface area contributed by atoms with Crippen molar-refractivity contribution < 1.29 is 5.11 Å². The van der Waals surface area contributed by atoms with Crippen LogP contribution < -0.4 is 0 Å². The van der Waals surface area contributed by atoms with Crippen molar-refractivity contribution in [2.45, 2.75) is 37.8 Å². The number of likely N-dealkylation sites (tertiary alicyclic amines) is 1. The topological polar surface area (TPSA) is 23.5 Å². The first-order chi connectivity index (χ1) is 10.8. The molecule has 1 heterocycles. The average Bonchev–Trinajstić information content (AvgIpc) is 2.62. The minimum atomic E-state index is -0.356. The highest BCUT2D eigenvalue weighted by Crippen LogP contribution is 2.30. The fourth-order valence-electron chi connectivity index (χ4n) is 3.41. The second kappa shape index (κ2) is 7.57. The van der Waals surface area contributed by atoms with Gasteiger partial charge in [-0.2, -0.15) is 0 Å². The lowest BCUT2D eigenvalue weighted by atomic mass is 9.87. The van der Waals surface area contributed by atoms with E-state index in [1.54, 1.807) is 0 Å². The van der Waals surface area contributed by atoms with Gasteiger partial charge in [-0.25, -0.2) is 0 Å². The lowest BCUT2D eigenvalue weighted by Gasteiger charge is -2.33. The number of nitrogens with zero attached hydrogens (tertiary/aromatic N) is 1. The summed E-state index contributed by atoms with van der Waals surface area (Å²) < 4.78 is 0. The minimum Gasteiger partial charge on any atom is -0.378 e. The van der Waals surface area contributed by atoms with Crippen molar-refractivity contribution in [3.63, 3.8) is 0 Å². The van der Waals surface area contributed by atoms with E-state index in [4.69, 9.17) is 0 Å². The molecule has 0 amide bonds. The quantitative estimate of drug-likeness (QED) is 0.901. The van der Waals surface area contributed by atoms with E-state index >= 15 is 0 Å². The number of aliphatic hydroxyl groups is 1. The third kappa shape index (κ3) is 3.76. The first-order valence-corrected chi connectivity index (χ1v) is 8.36. The van der Waals surface area contributed by atoms with Crippen LogP contribution in [-0.2, 0) is 0 Å². The van der Waals surface area contributed by atoms with Crippen LogP contribution in [0, 0.1) is 0 Å². The molecular weight excluding hydrogens is 270 g/mol. The summed E-state index contributed by atoms with van der Waals surface area (Å²) in [7, 11) is 0. The van der Waals surface area contributed by atoms with E-state index in [1.807, 2.05) is 12.1 Å². The maximum Gasteiger partial charge on any atom is 0.108 e. The van der Waals surface area contributed by atoms with Crippen molar-refractivity contribution in [1.29, 1.82) is 0 Å². The summed E-state index contributed by atoms with van der Waals surface area (Å²) in [6.45, 7) is 2.05. The van der Waals surface area contributed by atoms with Gasteiger partial charge in [-0.1, -0.05) is 67.1 Å². The van der Waals surface area contributed by atoms with Crippen LogP contribution in [0.2, 0.25) is 0 Å². The van der Waals surface area contributed by atoms with E-state index in [2.05, 4.69) is 53.4 Å².